The van der Waals surface area contributed by atoms with Gasteiger partial charge in [-0.1, -0.05) is 18.2 Å². The zero-order chi connectivity index (χ0) is 18.5. The second-order valence-corrected chi connectivity index (χ2v) is 6.57. The van der Waals surface area contributed by atoms with Gasteiger partial charge in [-0.15, -0.1) is 0 Å². The van der Waals surface area contributed by atoms with Crippen molar-refractivity contribution in [3.05, 3.63) is 77.3 Å². The molecular formula is C20H19BF2N2O. The van der Waals surface area contributed by atoms with Crippen molar-refractivity contribution in [1.29, 1.82) is 0 Å². The Morgan fingerprint density at radius 3 is 2.42 bits per heavy atom. The summed E-state index contributed by atoms with van der Waals surface area (Å²) in [6.45, 7) is -0.452. The molecule has 26 heavy (non-hydrogen) atoms. The van der Waals surface area contributed by atoms with Crippen LogP contribution in [0.5, 0.6) is 5.75 Å². The first kappa shape index (κ1) is 16.6. The average molecular weight is 352 g/mol. The third kappa shape index (κ3) is 2.36. The van der Waals surface area contributed by atoms with Gasteiger partial charge in [-0.3, -0.25) is 0 Å². The highest BCUT2D eigenvalue weighted by Gasteiger charge is 2.52. The molecule has 0 unspecified atom stereocenters. The predicted octanol–water partition coefficient (Wildman–Crippen LogP) is 4.51. The monoisotopic (exact) mass is 352 g/mol. The first-order valence-electron chi connectivity index (χ1n) is 8.51. The van der Waals surface area contributed by atoms with Crippen molar-refractivity contribution < 1.29 is 17.9 Å². The lowest BCUT2D eigenvalue weighted by molar-refractivity contribution is -0.362. The summed E-state index contributed by atoms with van der Waals surface area (Å²) >= 11 is 0. The Morgan fingerprint density at radius 2 is 1.73 bits per heavy atom. The fourth-order valence-electron chi connectivity index (χ4n) is 3.68. The fourth-order valence-corrected chi connectivity index (χ4v) is 3.68. The molecule has 2 aliphatic heterocycles. The molecule has 6 heteroatoms. The number of halogens is 2. The third-order valence-corrected chi connectivity index (χ3v) is 4.98. The molecule has 3 heterocycles. The van der Waals surface area contributed by atoms with Crippen LogP contribution in [0.4, 0.5) is 8.63 Å². The molecule has 0 N–H and O–H groups in total. The quantitative estimate of drug-likeness (QED) is 0.743. The number of benzene rings is 1. The van der Waals surface area contributed by atoms with Gasteiger partial charge in [0.2, 0.25) is 0 Å². The van der Waals surface area contributed by atoms with Gasteiger partial charge in [0.1, 0.15) is 11.5 Å². The lowest BCUT2D eigenvalue weighted by Crippen LogP contribution is -2.51. The SMILES string of the molecule is COc1ccc(/C=C/C2=C3C=CC(C)=[N+]3[B-](F)(F)n3c(C)ccc32)cc1. The maximum atomic E-state index is 15.1. The van der Waals surface area contributed by atoms with Gasteiger partial charge in [-0.25, -0.2) is 0 Å². The highest BCUT2D eigenvalue weighted by molar-refractivity contribution is 6.58. The summed E-state index contributed by atoms with van der Waals surface area (Å²) < 4.78 is 37.8. The van der Waals surface area contributed by atoms with E-state index < -0.39 is 6.97 Å². The Kier molecular flexibility index (Phi) is 3.72. The van der Waals surface area contributed by atoms with E-state index in [0.29, 0.717) is 22.8 Å². The van der Waals surface area contributed by atoms with Crippen LogP contribution in [0.25, 0.3) is 11.6 Å². The second kappa shape index (κ2) is 5.83. The average Bonchev–Trinajstić information content (AvgIpc) is 3.20. The molecule has 0 saturated carbocycles. The molecule has 3 nitrogen and oxygen atoms in total. The van der Waals surface area contributed by atoms with Crippen molar-refractivity contribution in [3.63, 3.8) is 0 Å². The predicted molar refractivity (Wildman–Crippen MR) is 102 cm³/mol. The number of fused-ring (bicyclic) bond motifs is 2. The molecule has 1 aromatic heterocycles. The van der Waals surface area contributed by atoms with E-state index in [1.54, 1.807) is 45.2 Å². The van der Waals surface area contributed by atoms with E-state index in [1.165, 1.54) is 0 Å². The second-order valence-electron chi connectivity index (χ2n) is 6.57. The number of hydrogen-bond donors (Lipinski definition) is 0. The summed E-state index contributed by atoms with van der Waals surface area (Å²) in [5.41, 5.74) is 3.96. The zero-order valence-electron chi connectivity index (χ0n) is 14.9. The van der Waals surface area contributed by atoms with Crippen LogP contribution in [0.15, 0.2) is 60.3 Å². The number of allylic oxidation sites excluding steroid dienone is 4. The number of ether oxygens (including phenoxy) is 1. The van der Waals surface area contributed by atoms with Crippen LogP contribution >= 0.6 is 0 Å². The third-order valence-electron chi connectivity index (χ3n) is 4.98. The van der Waals surface area contributed by atoms with Gasteiger partial charge in [0.15, 0.2) is 5.70 Å². The van der Waals surface area contributed by atoms with Crippen LogP contribution in [0, 0.1) is 6.92 Å². The minimum atomic E-state index is -3.88. The zero-order valence-corrected chi connectivity index (χ0v) is 14.9. The van der Waals surface area contributed by atoms with E-state index in [9.17, 15) is 0 Å². The summed E-state index contributed by atoms with van der Waals surface area (Å²) in [7, 11) is 1.62. The Balaban J connectivity index is 1.85. The van der Waals surface area contributed by atoms with Crippen LogP contribution in [0.2, 0.25) is 0 Å². The molecule has 0 saturated heterocycles. The molecule has 0 radical (unpaired) electrons. The molecule has 1 aromatic carbocycles. The van der Waals surface area contributed by atoms with Crippen molar-refractivity contribution in [2.24, 2.45) is 0 Å². The van der Waals surface area contributed by atoms with Crippen LogP contribution in [0.1, 0.15) is 23.9 Å². The van der Waals surface area contributed by atoms with Gasteiger partial charge in [-0.05, 0) is 48.5 Å². The molecule has 2 aromatic rings. The number of aryl methyl sites for hydroxylation is 1. The van der Waals surface area contributed by atoms with Crippen LogP contribution in [-0.4, -0.2) is 28.8 Å². The lowest BCUT2D eigenvalue weighted by atomic mass is 9.87. The van der Waals surface area contributed by atoms with Crippen molar-refractivity contribution >= 4 is 24.3 Å². The fraction of sp³-hybridized carbons (Fsp3) is 0.150. The van der Waals surface area contributed by atoms with E-state index in [2.05, 4.69) is 0 Å². The molecule has 132 valence electrons. The summed E-state index contributed by atoms with van der Waals surface area (Å²) in [5.74, 6) is 0.781. The van der Waals surface area contributed by atoms with Gasteiger partial charge >= 0.3 is 6.97 Å². The van der Waals surface area contributed by atoms with Crippen LogP contribution in [0.3, 0.4) is 0 Å². The Hall–Kier alpha value is -2.89. The van der Waals surface area contributed by atoms with E-state index >= 15 is 8.63 Å². The number of rotatable bonds is 3. The van der Waals surface area contributed by atoms with Gasteiger partial charge < -0.3 is 22.3 Å². The van der Waals surface area contributed by atoms with E-state index in [-0.39, 0.29) is 0 Å². The minimum absolute atomic E-state index is 0.544. The first-order chi connectivity index (χ1) is 12.4. The highest BCUT2D eigenvalue weighted by atomic mass is 19.2. The summed E-state index contributed by atoms with van der Waals surface area (Å²) in [4.78, 5) is 0. The van der Waals surface area contributed by atoms with Gasteiger partial charge in [0, 0.05) is 24.8 Å². The Labute approximate surface area is 151 Å². The number of methoxy groups -OCH3 is 1. The lowest BCUT2D eigenvalue weighted by Gasteiger charge is -2.32. The molecule has 2 aliphatic rings. The Bertz CT molecular complexity index is 1010. The van der Waals surface area contributed by atoms with E-state index in [0.717, 1.165) is 25.9 Å². The molecule has 0 fully saturated rings. The standard InChI is InChI=1S/C20H19BF2N2O/c1-14-4-12-19-18(11-8-16-6-9-17(26-3)10-7-16)20-13-5-15(2)25(20)21(22,23)24(14)19/h4-13H,1-3H3/b11-8+. The van der Waals surface area contributed by atoms with Gasteiger partial charge in [0.05, 0.1) is 12.7 Å². The molecule has 0 aliphatic carbocycles. The van der Waals surface area contributed by atoms with E-state index in [1.807, 2.05) is 36.4 Å². The van der Waals surface area contributed by atoms with Crippen molar-refractivity contribution in [1.82, 2.24) is 4.48 Å². The molecule has 0 spiro atoms. The molecule has 0 amide bonds. The number of aromatic nitrogens is 1. The number of nitrogens with zero attached hydrogens (tertiary/aromatic N) is 2. The highest BCUT2D eigenvalue weighted by Crippen LogP contribution is 2.38. The molecular weight excluding hydrogens is 333 g/mol. The molecule has 0 bridgehead atoms. The largest absolute Gasteiger partial charge is 0.737 e. The maximum Gasteiger partial charge on any atom is 0.737 e. The number of hydrogen-bond acceptors (Lipinski definition) is 1. The summed E-state index contributed by atoms with van der Waals surface area (Å²) in [6.07, 6.45) is 7.35. The van der Waals surface area contributed by atoms with Crippen LogP contribution in [-0.2, 0) is 0 Å². The minimum Gasteiger partial charge on any atom is -0.497 e. The summed E-state index contributed by atoms with van der Waals surface area (Å²) in [5, 5.41) is 0. The van der Waals surface area contributed by atoms with Gasteiger partial charge in [0.25, 0.3) is 0 Å². The van der Waals surface area contributed by atoms with Crippen molar-refractivity contribution in [3.8, 4) is 5.75 Å². The first-order valence-corrected chi connectivity index (χ1v) is 8.51. The normalized spacial score (nSPS) is 17.9. The topological polar surface area (TPSA) is 17.2 Å². The van der Waals surface area contributed by atoms with Gasteiger partial charge in [-0.2, -0.15) is 0 Å². The van der Waals surface area contributed by atoms with E-state index in [4.69, 9.17) is 4.74 Å². The molecule has 4 rings (SSSR count). The smallest absolute Gasteiger partial charge is 0.497 e. The van der Waals surface area contributed by atoms with Crippen molar-refractivity contribution in [2.45, 2.75) is 13.8 Å². The maximum absolute atomic E-state index is 15.1. The van der Waals surface area contributed by atoms with Crippen molar-refractivity contribution in [2.75, 3.05) is 7.11 Å². The summed E-state index contributed by atoms with van der Waals surface area (Å²) in [6, 6.07) is 11.1. The molecule has 0 atom stereocenters. The van der Waals surface area contributed by atoms with Crippen LogP contribution < -0.4 is 4.74 Å². The Morgan fingerprint density at radius 1 is 1.00 bits per heavy atom.